The molecule has 1 saturated heterocycles. The molecule has 0 unspecified atom stereocenters. The Morgan fingerprint density at radius 2 is 2.21 bits per heavy atom. The van der Waals surface area contributed by atoms with Crippen LogP contribution in [0.5, 0.6) is 0 Å². The average molecular weight is 373 g/mol. The Kier molecular flexibility index (Phi) is 8.28. The molecule has 0 bridgehead atoms. The number of anilines is 1. The number of nitrogens with zero attached hydrogens (tertiary/aromatic N) is 2. The second kappa shape index (κ2) is 10.2. The molecule has 0 radical (unpaired) electrons. The number of ether oxygens (including phenoxy) is 1. The third kappa shape index (κ3) is 7.36. The van der Waals surface area contributed by atoms with Gasteiger partial charge in [-0.05, 0) is 38.5 Å². The van der Waals surface area contributed by atoms with E-state index >= 15 is 0 Å². The normalized spacial score (nSPS) is 18.8. The van der Waals surface area contributed by atoms with Gasteiger partial charge in [-0.2, -0.15) is 0 Å². The second-order valence-electron chi connectivity index (χ2n) is 6.62. The fourth-order valence-corrected chi connectivity index (χ4v) is 4.02. The zero-order valence-electron chi connectivity index (χ0n) is 14.7. The first kappa shape index (κ1) is 19.5. The zero-order valence-corrected chi connectivity index (χ0v) is 16.3. The summed E-state index contributed by atoms with van der Waals surface area (Å²) >= 11 is 2.92. The topological polar surface area (TPSA) is 76.1 Å². The van der Waals surface area contributed by atoms with E-state index in [1.807, 2.05) is 0 Å². The van der Waals surface area contributed by atoms with Crippen LogP contribution in [0.4, 0.5) is 5.13 Å². The van der Waals surface area contributed by atoms with Crippen LogP contribution in [0.15, 0.2) is 4.34 Å². The van der Waals surface area contributed by atoms with Crippen molar-refractivity contribution < 1.29 is 9.53 Å². The van der Waals surface area contributed by atoms with E-state index in [1.54, 1.807) is 0 Å². The molecule has 0 spiro atoms. The summed E-state index contributed by atoms with van der Waals surface area (Å²) in [7, 11) is 0. The Balaban J connectivity index is 1.63. The van der Waals surface area contributed by atoms with Crippen LogP contribution >= 0.6 is 23.1 Å². The lowest BCUT2D eigenvalue weighted by molar-refractivity contribution is -0.119. The van der Waals surface area contributed by atoms with Gasteiger partial charge in [0.05, 0.1) is 11.9 Å². The third-order valence-corrected chi connectivity index (χ3v) is 5.84. The van der Waals surface area contributed by atoms with E-state index in [9.17, 15) is 4.79 Å². The van der Waals surface area contributed by atoms with Gasteiger partial charge in [-0.1, -0.05) is 36.9 Å². The minimum Gasteiger partial charge on any atom is -0.376 e. The number of rotatable bonds is 10. The summed E-state index contributed by atoms with van der Waals surface area (Å²) in [6.07, 6.45) is 4.66. The average Bonchev–Trinajstić information content (AvgIpc) is 3.20. The van der Waals surface area contributed by atoms with Gasteiger partial charge < -0.3 is 15.4 Å². The monoisotopic (exact) mass is 372 g/mol. The number of amides is 1. The van der Waals surface area contributed by atoms with Crippen molar-refractivity contribution in [3.63, 3.8) is 0 Å². The Morgan fingerprint density at radius 3 is 2.92 bits per heavy atom. The minimum absolute atomic E-state index is 0.0559. The maximum atomic E-state index is 12.0. The van der Waals surface area contributed by atoms with Gasteiger partial charge in [0.2, 0.25) is 11.0 Å². The summed E-state index contributed by atoms with van der Waals surface area (Å²) in [5.74, 6) is 1.10. The molecule has 0 aromatic carbocycles. The van der Waals surface area contributed by atoms with Gasteiger partial charge in [0.25, 0.3) is 0 Å². The van der Waals surface area contributed by atoms with Crippen molar-refractivity contribution in [1.29, 1.82) is 0 Å². The fraction of sp³-hybridized carbons (Fsp3) is 0.812. The molecule has 136 valence electrons. The van der Waals surface area contributed by atoms with Crippen LogP contribution in [0, 0.1) is 5.92 Å². The smallest absolute Gasteiger partial charge is 0.230 e. The number of nitrogens with one attached hydrogen (secondary N) is 2. The van der Waals surface area contributed by atoms with Gasteiger partial charge in [0.15, 0.2) is 4.34 Å². The number of hydrogen-bond donors (Lipinski definition) is 2. The molecule has 2 atom stereocenters. The van der Waals surface area contributed by atoms with Gasteiger partial charge in [0, 0.05) is 19.2 Å². The fourth-order valence-electron chi connectivity index (χ4n) is 2.45. The van der Waals surface area contributed by atoms with E-state index in [2.05, 4.69) is 41.6 Å². The SMILES string of the molecule is CC(C)CC[C@@H](C)NC(=O)CSc1nnc(NC[C@@H]2CCCO2)s1. The van der Waals surface area contributed by atoms with Crippen LogP contribution in [0.1, 0.15) is 46.5 Å². The summed E-state index contributed by atoms with van der Waals surface area (Å²) in [6.45, 7) is 8.08. The van der Waals surface area contributed by atoms with E-state index in [1.165, 1.54) is 23.1 Å². The van der Waals surface area contributed by atoms with E-state index in [0.29, 0.717) is 11.7 Å². The molecule has 2 heterocycles. The van der Waals surface area contributed by atoms with E-state index in [-0.39, 0.29) is 18.1 Å². The van der Waals surface area contributed by atoms with Crippen molar-refractivity contribution in [2.75, 3.05) is 24.2 Å². The molecule has 1 aromatic heterocycles. The summed E-state index contributed by atoms with van der Waals surface area (Å²) in [4.78, 5) is 12.0. The number of hydrogen-bond acceptors (Lipinski definition) is 7. The molecule has 1 fully saturated rings. The largest absolute Gasteiger partial charge is 0.376 e. The highest BCUT2D eigenvalue weighted by atomic mass is 32.2. The van der Waals surface area contributed by atoms with Gasteiger partial charge in [-0.3, -0.25) is 4.79 Å². The summed E-state index contributed by atoms with van der Waals surface area (Å²) < 4.78 is 6.38. The van der Waals surface area contributed by atoms with Gasteiger partial charge in [-0.25, -0.2) is 0 Å². The van der Waals surface area contributed by atoms with Crippen molar-refractivity contribution in [2.24, 2.45) is 5.92 Å². The van der Waals surface area contributed by atoms with Gasteiger partial charge in [0.1, 0.15) is 0 Å². The van der Waals surface area contributed by atoms with Crippen molar-refractivity contribution in [3.05, 3.63) is 0 Å². The second-order valence-corrected chi connectivity index (χ2v) is 8.82. The summed E-state index contributed by atoms with van der Waals surface area (Å²) in [5.41, 5.74) is 0. The van der Waals surface area contributed by atoms with Crippen molar-refractivity contribution in [3.8, 4) is 0 Å². The quantitative estimate of drug-likeness (QED) is 0.615. The van der Waals surface area contributed by atoms with Crippen molar-refractivity contribution in [1.82, 2.24) is 15.5 Å². The molecule has 1 amide bonds. The van der Waals surface area contributed by atoms with Gasteiger partial charge in [-0.15, -0.1) is 10.2 Å². The molecule has 1 aliphatic heterocycles. The molecule has 2 N–H and O–H groups in total. The summed E-state index contributed by atoms with van der Waals surface area (Å²) in [5, 5.41) is 15.3. The van der Waals surface area contributed by atoms with Crippen LogP contribution < -0.4 is 10.6 Å². The zero-order chi connectivity index (χ0) is 17.4. The number of thioether (sulfide) groups is 1. The van der Waals surface area contributed by atoms with Crippen LogP contribution in [0.25, 0.3) is 0 Å². The van der Waals surface area contributed by atoms with Crippen LogP contribution in [-0.4, -0.2) is 47.2 Å². The number of carbonyl (C=O) groups excluding carboxylic acids is 1. The highest BCUT2D eigenvalue weighted by molar-refractivity contribution is 8.01. The molecule has 1 aromatic rings. The number of aromatic nitrogens is 2. The highest BCUT2D eigenvalue weighted by Crippen LogP contribution is 2.25. The summed E-state index contributed by atoms with van der Waals surface area (Å²) in [6, 6.07) is 0.221. The van der Waals surface area contributed by atoms with E-state index in [4.69, 9.17) is 4.74 Å². The Hall–Kier alpha value is -0.860. The van der Waals surface area contributed by atoms with Crippen molar-refractivity contribution >= 4 is 34.1 Å². The first-order valence-corrected chi connectivity index (χ1v) is 10.4. The van der Waals surface area contributed by atoms with Crippen LogP contribution in [-0.2, 0) is 9.53 Å². The molecule has 2 rings (SSSR count). The third-order valence-electron chi connectivity index (χ3n) is 3.82. The Morgan fingerprint density at radius 1 is 1.38 bits per heavy atom. The molecule has 0 saturated carbocycles. The lowest BCUT2D eigenvalue weighted by atomic mass is 10.0. The maximum absolute atomic E-state index is 12.0. The highest BCUT2D eigenvalue weighted by Gasteiger charge is 2.16. The number of carbonyl (C=O) groups is 1. The molecule has 8 heteroatoms. The first-order valence-electron chi connectivity index (χ1n) is 8.64. The molecule has 0 aliphatic carbocycles. The minimum atomic E-state index is 0.0559. The molecular formula is C16H28N4O2S2. The van der Waals surface area contributed by atoms with E-state index in [0.717, 1.165) is 48.3 Å². The maximum Gasteiger partial charge on any atom is 0.230 e. The predicted octanol–water partition coefficient (Wildman–Crippen LogP) is 3.16. The van der Waals surface area contributed by atoms with Crippen LogP contribution in [0.2, 0.25) is 0 Å². The lowest BCUT2D eigenvalue weighted by Crippen LogP contribution is -2.33. The van der Waals surface area contributed by atoms with Crippen LogP contribution in [0.3, 0.4) is 0 Å². The molecular weight excluding hydrogens is 344 g/mol. The van der Waals surface area contributed by atoms with Crippen molar-refractivity contribution in [2.45, 2.75) is 62.9 Å². The first-order chi connectivity index (χ1) is 11.5. The molecule has 6 nitrogen and oxygen atoms in total. The van der Waals surface area contributed by atoms with Gasteiger partial charge >= 0.3 is 0 Å². The Labute approximate surface area is 152 Å². The molecule has 1 aliphatic rings. The standard InChI is InChI=1S/C16H28N4O2S2/c1-11(2)6-7-12(3)18-14(21)10-23-16-20-19-15(24-16)17-9-13-5-4-8-22-13/h11-13H,4-10H2,1-3H3,(H,17,19)(H,18,21)/t12-,13+/m1/s1. The lowest BCUT2D eigenvalue weighted by Gasteiger charge is -2.14. The predicted molar refractivity (Wildman–Crippen MR) is 99.8 cm³/mol. The molecule has 24 heavy (non-hydrogen) atoms. The van der Waals surface area contributed by atoms with E-state index < -0.39 is 0 Å². The Bertz CT molecular complexity index is 504.